The van der Waals surface area contributed by atoms with Crippen LogP contribution in [0.4, 0.5) is 5.69 Å². The van der Waals surface area contributed by atoms with Gasteiger partial charge in [-0.3, -0.25) is 4.79 Å². The number of para-hydroxylation sites is 1. The molecule has 0 saturated heterocycles. The fraction of sp³-hybridized carbons (Fsp3) is 0.385. The standard InChI is InChI=1S/C13H16BrNO4/c1-4-13(2,19-3)12(18)15-10-8(11(16)17)6-5-7-9(10)14/h5-7H,4H2,1-3H3,(H,15,18)(H,16,17). The predicted octanol–water partition coefficient (Wildman–Crippen LogP) is 2.90. The SMILES string of the molecule is CCC(C)(OC)C(=O)Nc1c(Br)cccc1C(=O)O. The van der Waals surface area contributed by atoms with Gasteiger partial charge in [-0.25, -0.2) is 4.79 Å². The minimum Gasteiger partial charge on any atom is -0.478 e. The molecule has 19 heavy (non-hydrogen) atoms. The van der Waals surface area contributed by atoms with Gasteiger partial charge in [0, 0.05) is 11.6 Å². The summed E-state index contributed by atoms with van der Waals surface area (Å²) in [6.45, 7) is 3.47. The van der Waals surface area contributed by atoms with E-state index in [2.05, 4.69) is 21.2 Å². The lowest BCUT2D eigenvalue weighted by atomic mass is 10.0. The van der Waals surface area contributed by atoms with E-state index in [0.717, 1.165) is 0 Å². The molecule has 1 aromatic carbocycles. The first kappa shape index (κ1) is 15.7. The molecular weight excluding hydrogens is 314 g/mol. The van der Waals surface area contributed by atoms with E-state index in [-0.39, 0.29) is 17.2 Å². The molecule has 1 amide bonds. The fourth-order valence-corrected chi connectivity index (χ4v) is 1.94. The van der Waals surface area contributed by atoms with Crippen molar-refractivity contribution >= 4 is 33.5 Å². The molecule has 0 heterocycles. The summed E-state index contributed by atoms with van der Waals surface area (Å²) in [5.41, 5.74) is -0.737. The van der Waals surface area contributed by atoms with Crippen LogP contribution >= 0.6 is 15.9 Å². The molecule has 0 aliphatic rings. The van der Waals surface area contributed by atoms with Crippen LogP contribution < -0.4 is 5.32 Å². The van der Waals surface area contributed by atoms with Crippen molar-refractivity contribution in [2.75, 3.05) is 12.4 Å². The van der Waals surface area contributed by atoms with Gasteiger partial charge >= 0.3 is 5.97 Å². The summed E-state index contributed by atoms with van der Waals surface area (Å²) >= 11 is 3.24. The maximum atomic E-state index is 12.2. The molecule has 0 spiro atoms. The summed E-state index contributed by atoms with van der Waals surface area (Å²) in [5.74, 6) is -1.49. The van der Waals surface area contributed by atoms with E-state index in [9.17, 15) is 9.59 Å². The third-order valence-electron chi connectivity index (χ3n) is 3.09. The zero-order valence-electron chi connectivity index (χ0n) is 11.0. The molecule has 1 rings (SSSR count). The number of methoxy groups -OCH3 is 1. The zero-order valence-corrected chi connectivity index (χ0v) is 12.6. The Morgan fingerprint density at radius 3 is 2.58 bits per heavy atom. The average Bonchev–Trinajstić information content (AvgIpc) is 2.39. The van der Waals surface area contributed by atoms with Crippen molar-refractivity contribution in [2.45, 2.75) is 25.9 Å². The highest BCUT2D eigenvalue weighted by Gasteiger charge is 2.32. The number of anilines is 1. The molecule has 0 radical (unpaired) electrons. The number of hydrogen-bond donors (Lipinski definition) is 2. The van der Waals surface area contributed by atoms with Gasteiger partial charge < -0.3 is 15.2 Å². The quantitative estimate of drug-likeness (QED) is 0.870. The summed E-state index contributed by atoms with van der Waals surface area (Å²) in [6, 6.07) is 4.69. The Kier molecular flexibility index (Phi) is 5.08. The number of carbonyl (C=O) groups is 2. The Balaban J connectivity index is 3.13. The maximum Gasteiger partial charge on any atom is 0.337 e. The van der Waals surface area contributed by atoms with Crippen LogP contribution in [0.5, 0.6) is 0 Å². The molecule has 6 heteroatoms. The Labute approximate surface area is 120 Å². The van der Waals surface area contributed by atoms with E-state index in [1.165, 1.54) is 13.2 Å². The van der Waals surface area contributed by atoms with Crippen molar-refractivity contribution in [2.24, 2.45) is 0 Å². The molecule has 0 fully saturated rings. The molecule has 0 saturated carbocycles. The molecule has 0 aromatic heterocycles. The van der Waals surface area contributed by atoms with Crippen LogP contribution in [0.1, 0.15) is 30.6 Å². The second kappa shape index (κ2) is 6.16. The Morgan fingerprint density at radius 1 is 1.47 bits per heavy atom. The largest absolute Gasteiger partial charge is 0.478 e. The number of nitrogens with one attached hydrogen (secondary N) is 1. The number of amides is 1. The third-order valence-corrected chi connectivity index (χ3v) is 3.75. The van der Waals surface area contributed by atoms with E-state index in [1.807, 2.05) is 6.92 Å². The van der Waals surface area contributed by atoms with Crippen molar-refractivity contribution in [3.8, 4) is 0 Å². The molecule has 2 N–H and O–H groups in total. The summed E-state index contributed by atoms with van der Waals surface area (Å²) in [6.07, 6.45) is 0.474. The van der Waals surface area contributed by atoms with Gasteiger partial charge in [-0.2, -0.15) is 0 Å². The second-order valence-corrected chi connectivity index (χ2v) is 5.06. The number of aromatic carboxylic acids is 1. The molecule has 1 aromatic rings. The van der Waals surface area contributed by atoms with Gasteiger partial charge in [0.1, 0.15) is 5.60 Å². The van der Waals surface area contributed by atoms with Gasteiger partial charge in [-0.1, -0.05) is 13.0 Å². The maximum absolute atomic E-state index is 12.2. The number of rotatable bonds is 5. The Morgan fingerprint density at radius 2 is 2.11 bits per heavy atom. The minimum atomic E-state index is -1.10. The van der Waals surface area contributed by atoms with E-state index in [1.54, 1.807) is 19.1 Å². The lowest BCUT2D eigenvalue weighted by Crippen LogP contribution is -2.41. The van der Waals surface area contributed by atoms with Crippen LogP contribution in [0, 0.1) is 0 Å². The van der Waals surface area contributed by atoms with Crippen molar-refractivity contribution in [1.82, 2.24) is 0 Å². The fourth-order valence-electron chi connectivity index (χ4n) is 1.47. The first-order chi connectivity index (χ1) is 8.85. The van der Waals surface area contributed by atoms with Crippen molar-refractivity contribution in [1.29, 1.82) is 0 Å². The molecule has 104 valence electrons. The van der Waals surface area contributed by atoms with Crippen LogP contribution in [0.15, 0.2) is 22.7 Å². The van der Waals surface area contributed by atoms with E-state index in [0.29, 0.717) is 10.9 Å². The molecule has 0 bridgehead atoms. The number of ether oxygens (including phenoxy) is 1. The van der Waals surface area contributed by atoms with Gasteiger partial charge in [0.05, 0.1) is 11.3 Å². The summed E-state index contributed by atoms with van der Waals surface area (Å²) in [5, 5.41) is 11.7. The lowest BCUT2D eigenvalue weighted by molar-refractivity contribution is -0.136. The van der Waals surface area contributed by atoms with Gasteiger partial charge in [-0.05, 0) is 41.4 Å². The highest BCUT2D eigenvalue weighted by Crippen LogP contribution is 2.28. The molecule has 1 atom stereocenters. The zero-order chi connectivity index (χ0) is 14.6. The molecule has 0 aliphatic heterocycles. The number of carbonyl (C=O) groups excluding carboxylic acids is 1. The molecule has 1 unspecified atom stereocenters. The summed E-state index contributed by atoms with van der Waals surface area (Å²) in [4.78, 5) is 23.3. The second-order valence-electron chi connectivity index (χ2n) is 4.21. The topological polar surface area (TPSA) is 75.6 Å². The Hall–Kier alpha value is -1.40. The number of carboxylic acid groups (broad SMARTS) is 1. The number of hydrogen-bond acceptors (Lipinski definition) is 3. The van der Waals surface area contributed by atoms with Crippen molar-refractivity contribution in [3.05, 3.63) is 28.2 Å². The number of halogens is 1. The van der Waals surface area contributed by atoms with Gasteiger partial charge in [0.15, 0.2) is 0 Å². The average molecular weight is 330 g/mol. The third kappa shape index (κ3) is 3.33. The predicted molar refractivity (Wildman–Crippen MR) is 75.4 cm³/mol. The van der Waals surface area contributed by atoms with Crippen LogP contribution in [0.2, 0.25) is 0 Å². The number of benzene rings is 1. The van der Waals surface area contributed by atoms with E-state index < -0.39 is 11.6 Å². The highest BCUT2D eigenvalue weighted by molar-refractivity contribution is 9.10. The van der Waals surface area contributed by atoms with Crippen molar-refractivity contribution < 1.29 is 19.4 Å². The van der Waals surface area contributed by atoms with Crippen molar-refractivity contribution in [3.63, 3.8) is 0 Å². The summed E-state index contributed by atoms with van der Waals surface area (Å²) < 4.78 is 5.70. The number of carboxylic acids is 1. The van der Waals surface area contributed by atoms with Crippen LogP contribution in [0.3, 0.4) is 0 Å². The van der Waals surface area contributed by atoms with Crippen LogP contribution in [-0.2, 0) is 9.53 Å². The minimum absolute atomic E-state index is 0.0253. The van der Waals surface area contributed by atoms with E-state index >= 15 is 0 Å². The smallest absolute Gasteiger partial charge is 0.337 e. The van der Waals surface area contributed by atoms with Gasteiger partial charge in [0.2, 0.25) is 0 Å². The first-order valence-corrected chi connectivity index (χ1v) is 6.53. The molecule has 0 aliphatic carbocycles. The lowest BCUT2D eigenvalue weighted by Gasteiger charge is -2.25. The van der Waals surface area contributed by atoms with Gasteiger partial charge in [-0.15, -0.1) is 0 Å². The summed E-state index contributed by atoms with van der Waals surface area (Å²) in [7, 11) is 1.45. The van der Waals surface area contributed by atoms with Gasteiger partial charge in [0.25, 0.3) is 5.91 Å². The van der Waals surface area contributed by atoms with E-state index in [4.69, 9.17) is 9.84 Å². The monoisotopic (exact) mass is 329 g/mol. The van der Waals surface area contributed by atoms with Crippen LogP contribution in [0.25, 0.3) is 0 Å². The normalized spacial score (nSPS) is 13.7. The Bertz CT molecular complexity index is 497. The first-order valence-electron chi connectivity index (χ1n) is 5.74. The molecule has 5 nitrogen and oxygen atoms in total. The molecular formula is C13H16BrNO4. The van der Waals surface area contributed by atoms with Crippen LogP contribution in [-0.4, -0.2) is 29.7 Å². The highest BCUT2D eigenvalue weighted by atomic mass is 79.9.